The molecule has 3 heteroatoms. The standard InChI is InChI=1S/C8H12N2S/c1-3-4-6(2)7-5-11-8(9)10-7/h4-5H,3H2,1-2H3,(H2,9,10)/b6-4+. The summed E-state index contributed by atoms with van der Waals surface area (Å²) in [4.78, 5) is 4.16. The van der Waals surface area contributed by atoms with Gasteiger partial charge in [0.05, 0.1) is 5.69 Å². The molecular weight excluding hydrogens is 156 g/mol. The molecule has 1 aromatic heterocycles. The van der Waals surface area contributed by atoms with Gasteiger partial charge in [-0.05, 0) is 18.9 Å². The van der Waals surface area contributed by atoms with E-state index in [1.54, 1.807) is 0 Å². The lowest BCUT2D eigenvalue weighted by Crippen LogP contribution is -1.83. The minimum Gasteiger partial charge on any atom is -0.375 e. The molecule has 0 aromatic carbocycles. The highest BCUT2D eigenvalue weighted by atomic mass is 32.1. The Bertz CT molecular complexity index is 263. The second-order valence-corrected chi connectivity index (χ2v) is 3.26. The number of allylic oxidation sites excluding steroid dienone is 2. The molecule has 0 saturated heterocycles. The maximum Gasteiger partial charge on any atom is 0.180 e. The lowest BCUT2D eigenvalue weighted by atomic mass is 10.2. The number of hydrogen-bond acceptors (Lipinski definition) is 3. The maximum atomic E-state index is 5.49. The zero-order valence-corrected chi connectivity index (χ0v) is 7.61. The van der Waals surface area contributed by atoms with E-state index in [1.165, 1.54) is 16.9 Å². The lowest BCUT2D eigenvalue weighted by Gasteiger charge is -1.92. The van der Waals surface area contributed by atoms with Crippen molar-refractivity contribution >= 4 is 22.0 Å². The number of rotatable bonds is 2. The summed E-state index contributed by atoms with van der Waals surface area (Å²) in [5.74, 6) is 0. The quantitative estimate of drug-likeness (QED) is 0.737. The summed E-state index contributed by atoms with van der Waals surface area (Å²) in [5, 5.41) is 2.63. The van der Waals surface area contributed by atoms with Crippen molar-refractivity contribution in [3.8, 4) is 0 Å². The van der Waals surface area contributed by atoms with Crippen LogP contribution in [0.1, 0.15) is 26.0 Å². The maximum absolute atomic E-state index is 5.49. The van der Waals surface area contributed by atoms with Crippen LogP contribution in [-0.4, -0.2) is 4.98 Å². The molecule has 2 N–H and O–H groups in total. The molecule has 0 radical (unpaired) electrons. The van der Waals surface area contributed by atoms with Gasteiger partial charge in [-0.1, -0.05) is 13.0 Å². The number of nitrogens with zero attached hydrogens (tertiary/aromatic N) is 1. The highest BCUT2D eigenvalue weighted by Crippen LogP contribution is 2.18. The van der Waals surface area contributed by atoms with E-state index >= 15 is 0 Å². The van der Waals surface area contributed by atoms with Crippen LogP contribution in [0.3, 0.4) is 0 Å². The Kier molecular flexibility index (Phi) is 2.65. The topological polar surface area (TPSA) is 38.9 Å². The summed E-state index contributed by atoms with van der Waals surface area (Å²) in [6.45, 7) is 4.16. The summed E-state index contributed by atoms with van der Waals surface area (Å²) in [6, 6.07) is 0. The van der Waals surface area contributed by atoms with Crippen LogP contribution in [0.4, 0.5) is 5.13 Å². The van der Waals surface area contributed by atoms with Gasteiger partial charge in [-0.15, -0.1) is 11.3 Å². The predicted molar refractivity (Wildman–Crippen MR) is 50.5 cm³/mol. The van der Waals surface area contributed by atoms with Crippen LogP contribution in [0, 0.1) is 0 Å². The SMILES string of the molecule is CC/C=C(\C)c1csc(N)n1. The summed E-state index contributed by atoms with van der Waals surface area (Å²) in [7, 11) is 0. The number of nitrogens with two attached hydrogens (primary N) is 1. The highest BCUT2D eigenvalue weighted by Gasteiger charge is 1.98. The molecule has 1 aromatic rings. The molecule has 0 bridgehead atoms. The second kappa shape index (κ2) is 3.53. The van der Waals surface area contributed by atoms with Crippen molar-refractivity contribution in [2.45, 2.75) is 20.3 Å². The summed E-state index contributed by atoms with van der Waals surface area (Å²) >= 11 is 1.48. The van der Waals surface area contributed by atoms with Crippen LogP contribution in [0.25, 0.3) is 5.57 Å². The number of anilines is 1. The average molecular weight is 168 g/mol. The van der Waals surface area contributed by atoms with Gasteiger partial charge < -0.3 is 5.73 Å². The third kappa shape index (κ3) is 2.05. The molecule has 60 valence electrons. The van der Waals surface area contributed by atoms with Gasteiger partial charge in [0.2, 0.25) is 0 Å². The first-order chi connectivity index (χ1) is 5.24. The normalized spacial score (nSPS) is 12.0. The third-order valence-electron chi connectivity index (χ3n) is 1.44. The minimum absolute atomic E-state index is 0.642. The molecule has 11 heavy (non-hydrogen) atoms. The molecule has 0 unspecified atom stereocenters. The van der Waals surface area contributed by atoms with E-state index in [0.717, 1.165) is 12.1 Å². The molecular formula is C8H12N2S. The smallest absolute Gasteiger partial charge is 0.180 e. The Morgan fingerprint density at radius 1 is 1.82 bits per heavy atom. The van der Waals surface area contributed by atoms with Gasteiger partial charge >= 0.3 is 0 Å². The minimum atomic E-state index is 0.642. The Morgan fingerprint density at radius 3 is 3.00 bits per heavy atom. The summed E-state index contributed by atoms with van der Waals surface area (Å²) in [6.07, 6.45) is 3.19. The van der Waals surface area contributed by atoms with E-state index in [9.17, 15) is 0 Å². The predicted octanol–water partition coefficient (Wildman–Crippen LogP) is 2.54. The van der Waals surface area contributed by atoms with E-state index in [1.807, 2.05) is 5.38 Å². The van der Waals surface area contributed by atoms with Gasteiger partial charge in [-0.2, -0.15) is 0 Å². The molecule has 0 fully saturated rings. The number of aromatic nitrogens is 1. The van der Waals surface area contributed by atoms with E-state index in [2.05, 4.69) is 24.9 Å². The van der Waals surface area contributed by atoms with E-state index in [-0.39, 0.29) is 0 Å². The van der Waals surface area contributed by atoms with Crippen molar-refractivity contribution in [1.29, 1.82) is 0 Å². The third-order valence-corrected chi connectivity index (χ3v) is 2.11. The Balaban J connectivity index is 2.84. The summed E-state index contributed by atoms with van der Waals surface area (Å²) in [5.41, 5.74) is 7.71. The Labute approximate surface area is 70.8 Å². The van der Waals surface area contributed by atoms with E-state index in [4.69, 9.17) is 5.73 Å². The van der Waals surface area contributed by atoms with Crippen molar-refractivity contribution in [2.75, 3.05) is 5.73 Å². The van der Waals surface area contributed by atoms with Crippen molar-refractivity contribution in [2.24, 2.45) is 0 Å². The Morgan fingerprint density at radius 2 is 2.55 bits per heavy atom. The van der Waals surface area contributed by atoms with Crippen LogP contribution in [0.5, 0.6) is 0 Å². The first kappa shape index (κ1) is 8.27. The zero-order valence-electron chi connectivity index (χ0n) is 6.79. The van der Waals surface area contributed by atoms with Crippen molar-refractivity contribution in [3.63, 3.8) is 0 Å². The molecule has 1 rings (SSSR count). The molecule has 0 aliphatic carbocycles. The van der Waals surface area contributed by atoms with Gasteiger partial charge in [0.1, 0.15) is 0 Å². The first-order valence-corrected chi connectivity index (χ1v) is 4.50. The summed E-state index contributed by atoms with van der Waals surface area (Å²) < 4.78 is 0. The van der Waals surface area contributed by atoms with Crippen molar-refractivity contribution in [3.05, 3.63) is 17.2 Å². The van der Waals surface area contributed by atoms with Crippen LogP contribution >= 0.6 is 11.3 Å². The van der Waals surface area contributed by atoms with E-state index < -0.39 is 0 Å². The van der Waals surface area contributed by atoms with Crippen molar-refractivity contribution < 1.29 is 0 Å². The van der Waals surface area contributed by atoms with Gasteiger partial charge in [-0.25, -0.2) is 4.98 Å². The largest absolute Gasteiger partial charge is 0.375 e. The molecule has 0 atom stereocenters. The van der Waals surface area contributed by atoms with Crippen LogP contribution in [0.2, 0.25) is 0 Å². The molecule has 2 nitrogen and oxygen atoms in total. The number of hydrogen-bond donors (Lipinski definition) is 1. The molecule has 0 aliphatic heterocycles. The lowest BCUT2D eigenvalue weighted by molar-refractivity contribution is 1.21. The number of thiazole rings is 1. The van der Waals surface area contributed by atoms with Crippen LogP contribution in [0.15, 0.2) is 11.5 Å². The second-order valence-electron chi connectivity index (χ2n) is 2.37. The Hall–Kier alpha value is -0.830. The van der Waals surface area contributed by atoms with Crippen LogP contribution < -0.4 is 5.73 Å². The van der Waals surface area contributed by atoms with Gasteiger partial charge in [0.15, 0.2) is 5.13 Å². The van der Waals surface area contributed by atoms with Crippen molar-refractivity contribution in [1.82, 2.24) is 4.98 Å². The van der Waals surface area contributed by atoms with Gasteiger partial charge in [0.25, 0.3) is 0 Å². The molecule has 0 amide bonds. The highest BCUT2D eigenvalue weighted by molar-refractivity contribution is 7.13. The molecule has 0 spiro atoms. The molecule has 0 aliphatic rings. The van der Waals surface area contributed by atoms with E-state index in [0.29, 0.717) is 5.13 Å². The monoisotopic (exact) mass is 168 g/mol. The average Bonchev–Trinajstić information content (AvgIpc) is 2.36. The molecule has 0 saturated carbocycles. The first-order valence-electron chi connectivity index (χ1n) is 3.62. The zero-order chi connectivity index (χ0) is 8.27. The fourth-order valence-electron chi connectivity index (χ4n) is 0.879. The van der Waals surface area contributed by atoms with Gasteiger partial charge in [0, 0.05) is 5.38 Å². The fourth-order valence-corrected chi connectivity index (χ4v) is 1.50. The number of nitrogen functional groups attached to an aromatic ring is 1. The fraction of sp³-hybridized carbons (Fsp3) is 0.375. The van der Waals surface area contributed by atoms with Crippen LogP contribution in [-0.2, 0) is 0 Å². The molecule has 1 heterocycles. The van der Waals surface area contributed by atoms with Gasteiger partial charge in [-0.3, -0.25) is 0 Å².